The van der Waals surface area contributed by atoms with Crippen LogP contribution >= 0.6 is 46.3 Å². The van der Waals surface area contributed by atoms with E-state index in [0.717, 1.165) is 41.6 Å². The van der Waals surface area contributed by atoms with Crippen LogP contribution in [0.25, 0.3) is 27.1 Å². The van der Waals surface area contributed by atoms with E-state index in [1.54, 1.807) is 23.1 Å². The van der Waals surface area contributed by atoms with Crippen LogP contribution in [0.15, 0.2) is 58.5 Å². The van der Waals surface area contributed by atoms with Crippen molar-refractivity contribution in [3.63, 3.8) is 0 Å². The molecule has 3 aromatic carbocycles. The summed E-state index contributed by atoms with van der Waals surface area (Å²) in [7, 11) is -8.08. The molecule has 0 aliphatic carbocycles. The van der Waals surface area contributed by atoms with E-state index in [1.807, 2.05) is 42.5 Å². The van der Waals surface area contributed by atoms with E-state index in [-0.39, 0.29) is 11.5 Å². The van der Waals surface area contributed by atoms with Gasteiger partial charge in [0.1, 0.15) is 4.70 Å². The highest BCUT2D eigenvalue weighted by Gasteiger charge is 2.29. The van der Waals surface area contributed by atoms with Gasteiger partial charge in [0.25, 0.3) is 25.2 Å². The van der Waals surface area contributed by atoms with Crippen molar-refractivity contribution < 1.29 is 30.5 Å². The Kier molecular flexibility index (Phi) is 9.22. The van der Waals surface area contributed by atoms with Crippen molar-refractivity contribution in [1.82, 2.24) is 0 Å². The fraction of sp³-hybridized carbons (Fsp3) is 0.296. The SMILES string of the molecule is O=S(=O)(O)CCCCN1C(=Cc2sc3ccc4cc(Cl)ccc4c3[n+]2CCCCS(=O)(=O)O)Sc2ccc(Cl)cc21. The normalized spacial score (nSPS) is 14.9. The molecule has 0 atom stereocenters. The first-order valence-electron chi connectivity index (χ1n) is 12.8. The molecule has 218 valence electrons. The second-order valence-electron chi connectivity index (χ2n) is 9.70. The van der Waals surface area contributed by atoms with Crippen LogP contribution in [0.1, 0.15) is 30.7 Å². The van der Waals surface area contributed by atoms with Crippen molar-refractivity contribution in [2.24, 2.45) is 0 Å². The summed E-state index contributed by atoms with van der Waals surface area (Å²) < 4.78 is 66.7. The molecule has 0 radical (unpaired) electrons. The van der Waals surface area contributed by atoms with E-state index in [4.69, 9.17) is 27.8 Å². The lowest BCUT2D eigenvalue weighted by molar-refractivity contribution is -0.668. The summed E-state index contributed by atoms with van der Waals surface area (Å²) in [6.45, 7) is 1.07. The Balaban J connectivity index is 1.55. The standard InChI is InChI=1S/C27H26Cl2N2O6S4/c28-19-6-8-21-18(15-19)5-9-24-27(21)31(12-2-4-14-41(35,36)37)26(39-24)17-25-30(11-1-3-13-40(32,33)34)22-16-20(29)7-10-23(22)38-25/h5-10,15-17H,1-4,11-14H2,(H-,32,33,34,35,36,37)/p+1. The van der Waals surface area contributed by atoms with Crippen LogP contribution < -0.4 is 9.47 Å². The first-order valence-corrected chi connectivity index (χ1v) is 18.4. The van der Waals surface area contributed by atoms with Crippen molar-refractivity contribution in [2.75, 3.05) is 23.0 Å². The van der Waals surface area contributed by atoms with Gasteiger partial charge >= 0.3 is 0 Å². The quantitative estimate of drug-likeness (QED) is 0.100. The molecule has 5 rings (SSSR count). The average Bonchev–Trinajstić information content (AvgIpc) is 3.40. The van der Waals surface area contributed by atoms with Gasteiger partial charge < -0.3 is 4.90 Å². The van der Waals surface area contributed by atoms with Gasteiger partial charge in [-0.25, -0.2) is 0 Å². The molecule has 0 bridgehead atoms. The van der Waals surface area contributed by atoms with E-state index in [0.29, 0.717) is 48.8 Å². The number of aromatic nitrogens is 1. The molecule has 41 heavy (non-hydrogen) atoms. The number of benzene rings is 3. The average molecular weight is 675 g/mol. The van der Waals surface area contributed by atoms with E-state index >= 15 is 0 Å². The molecule has 1 aliphatic rings. The van der Waals surface area contributed by atoms with Crippen LogP contribution in [0.5, 0.6) is 0 Å². The molecule has 0 unspecified atom stereocenters. The Labute approximate surface area is 257 Å². The number of anilines is 1. The lowest BCUT2D eigenvalue weighted by Gasteiger charge is -2.20. The molecule has 4 aromatic rings. The number of thioether (sulfide) groups is 1. The monoisotopic (exact) mass is 673 g/mol. The van der Waals surface area contributed by atoms with Gasteiger partial charge in [0.2, 0.25) is 5.52 Å². The maximum Gasteiger partial charge on any atom is 0.265 e. The van der Waals surface area contributed by atoms with Gasteiger partial charge in [-0.05, 0) is 67.1 Å². The Morgan fingerprint density at radius 1 is 0.854 bits per heavy atom. The molecule has 8 nitrogen and oxygen atoms in total. The number of halogens is 2. The van der Waals surface area contributed by atoms with Crippen LogP contribution in [0.4, 0.5) is 5.69 Å². The van der Waals surface area contributed by atoms with Gasteiger partial charge in [0, 0.05) is 27.9 Å². The van der Waals surface area contributed by atoms with E-state index < -0.39 is 20.2 Å². The summed E-state index contributed by atoms with van der Waals surface area (Å²) in [5, 5.41) is 5.15. The molecule has 1 aliphatic heterocycles. The van der Waals surface area contributed by atoms with Crippen molar-refractivity contribution in [3.8, 4) is 0 Å². The zero-order valence-electron chi connectivity index (χ0n) is 21.7. The lowest BCUT2D eigenvalue weighted by atomic mass is 10.1. The van der Waals surface area contributed by atoms with Crippen LogP contribution in [0, 0.1) is 0 Å². The number of thiazole rings is 1. The summed E-state index contributed by atoms with van der Waals surface area (Å²) in [5.41, 5.74) is 1.95. The predicted octanol–water partition coefficient (Wildman–Crippen LogP) is 6.90. The summed E-state index contributed by atoms with van der Waals surface area (Å²) in [4.78, 5) is 3.14. The van der Waals surface area contributed by atoms with Crippen LogP contribution in [0.2, 0.25) is 10.0 Å². The van der Waals surface area contributed by atoms with E-state index in [2.05, 4.69) is 21.6 Å². The van der Waals surface area contributed by atoms with Crippen molar-refractivity contribution in [3.05, 3.63) is 68.6 Å². The van der Waals surface area contributed by atoms with Crippen molar-refractivity contribution in [2.45, 2.75) is 37.1 Å². The number of aryl methyl sites for hydroxylation is 1. The van der Waals surface area contributed by atoms with Gasteiger partial charge in [-0.3, -0.25) is 9.11 Å². The fourth-order valence-corrected chi connectivity index (χ4v) is 8.67. The van der Waals surface area contributed by atoms with E-state index in [9.17, 15) is 21.4 Å². The third-order valence-corrected chi connectivity index (χ3v) is 11.0. The zero-order valence-corrected chi connectivity index (χ0v) is 26.4. The molecule has 0 spiro atoms. The first kappa shape index (κ1) is 30.6. The smallest absolute Gasteiger partial charge is 0.265 e. The number of nitrogens with zero attached hydrogens (tertiary/aromatic N) is 2. The molecule has 2 heterocycles. The van der Waals surface area contributed by atoms with Gasteiger partial charge in [-0.15, -0.1) is 0 Å². The molecule has 0 fully saturated rings. The van der Waals surface area contributed by atoms with Gasteiger partial charge in [-0.1, -0.05) is 52.4 Å². The Morgan fingerprint density at radius 2 is 1.54 bits per heavy atom. The predicted molar refractivity (Wildman–Crippen MR) is 168 cm³/mol. The Bertz CT molecular complexity index is 1870. The fourth-order valence-electron chi connectivity index (χ4n) is 4.86. The minimum atomic E-state index is -4.05. The maximum atomic E-state index is 11.3. The second kappa shape index (κ2) is 12.4. The van der Waals surface area contributed by atoms with Gasteiger partial charge in [0.05, 0.1) is 33.7 Å². The lowest BCUT2D eigenvalue weighted by Crippen LogP contribution is -2.35. The first-order chi connectivity index (χ1) is 19.4. The highest BCUT2D eigenvalue weighted by molar-refractivity contribution is 8.04. The minimum absolute atomic E-state index is 0.299. The molecule has 14 heteroatoms. The molecule has 2 N–H and O–H groups in total. The number of fused-ring (bicyclic) bond motifs is 4. The van der Waals surface area contributed by atoms with Crippen molar-refractivity contribution >= 4 is 99.3 Å². The van der Waals surface area contributed by atoms with Crippen LogP contribution in [-0.4, -0.2) is 44.0 Å². The molecule has 0 amide bonds. The minimum Gasteiger partial charge on any atom is -0.335 e. The molecule has 0 saturated carbocycles. The van der Waals surface area contributed by atoms with Crippen LogP contribution in [-0.2, 0) is 26.8 Å². The van der Waals surface area contributed by atoms with E-state index in [1.165, 1.54) is 0 Å². The second-order valence-corrected chi connectivity index (χ2v) is 15.8. The summed E-state index contributed by atoms with van der Waals surface area (Å²) in [6.07, 6.45) is 3.80. The Morgan fingerprint density at radius 3 is 2.27 bits per heavy atom. The highest BCUT2D eigenvalue weighted by Crippen LogP contribution is 2.48. The number of unbranched alkanes of at least 4 members (excludes halogenated alkanes) is 2. The third kappa shape index (κ3) is 7.55. The zero-order chi connectivity index (χ0) is 29.4. The summed E-state index contributed by atoms with van der Waals surface area (Å²) in [5.74, 6) is -0.599. The molecular formula is C27H27Cl2N2O6S4+. The molecule has 1 aromatic heterocycles. The number of rotatable bonds is 11. The number of hydrogen-bond donors (Lipinski definition) is 2. The highest BCUT2D eigenvalue weighted by atomic mass is 35.5. The largest absolute Gasteiger partial charge is 0.335 e. The van der Waals surface area contributed by atoms with Crippen LogP contribution in [0.3, 0.4) is 0 Å². The molecule has 0 saturated heterocycles. The topological polar surface area (TPSA) is 116 Å². The van der Waals surface area contributed by atoms with Gasteiger partial charge in [0.15, 0.2) is 6.54 Å². The Hall–Kier alpha value is -1.90. The summed E-state index contributed by atoms with van der Waals surface area (Å²) in [6, 6.07) is 15.5. The summed E-state index contributed by atoms with van der Waals surface area (Å²) >= 11 is 15.8. The van der Waals surface area contributed by atoms with Gasteiger partial charge in [-0.2, -0.15) is 21.4 Å². The molecular weight excluding hydrogens is 647 g/mol. The maximum absolute atomic E-state index is 11.3. The van der Waals surface area contributed by atoms with Crippen molar-refractivity contribution in [1.29, 1.82) is 0 Å². The number of hydrogen-bond acceptors (Lipinski definition) is 7. The third-order valence-electron chi connectivity index (χ3n) is 6.67.